The van der Waals surface area contributed by atoms with E-state index >= 15 is 0 Å². The second-order valence-electron chi connectivity index (χ2n) is 4.58. The largest absolute Gasteiger partial charge is 0.491 e. The van der Waals surface area contributed by atoms with Crippen molar-refractivity contribution in [2.45, 2.75) is 13.5 Å². The Morgan fingerprint density at radius 2 is 2.10 bits per heavy atom. The van der Waals surface area contributed by atoms with Crippen LogP contribution in [0.15, 0.2) is 36.4 Å². The Kier molecular flexibility index (Phi) is 5.78. The summed E-state index contributed by atoms with van der Waals surface area (Å²) >= 11 is 1.50. The Hall–Kier alpha value is -1.85. The molecule has 5 heteroatoms. The van der Waals surface area contributed by atoms with Crippen LogP contribution in [0.4, 0.5) is 0 Å². The lowest BCUT2D eigenvalue weighted by Gasteiger charge is -2.08. The first-order valence-corrected chi connectivity index (χ1v) is 7.56. The Labute approximate surface area is 128 Å². The zero-order valence-electron chi connectivity index (χ0n) is 12.2. The SMILES string of the molecule is COCCOc1cccc(CNC(=O)c2ccc(C)s2)c1. The number of rotatable bonds is 7. The van der Waals surface area contributed by atoms with E-state index in [-0.39, 0.29) is 5.91 Å². The molecule has 1 N–H and O–H groups in total. The molecule has 0 saturated heterocycles. The molecule has 0 bridgehead atoms. The van der Waals surface area contributed by atoms with Crippen LogP contribution in [0.3, 0.4) is 0 Å². The molecule has 0 fully saturated rings. The predicted octanol–water partition coefficient (Wildman–Crippen LogP) is 3.01. The Bertz CT molecular complexity index is 595. The van der Waals surface area contributed by atoms with Crippen LogP contribution in [-0.2, 0) is 11.3 Å². The molecular formula is C16H19NO3S. The quantitative estimate of drug-likeness (QED) is 0.800. The topological polar surface area (TPSA) is 47.6 Å². The van der Waals surface area contributed by atoms with Gasteiger partial charge in [-0.3, -0.25) is 4.79 Å². The van der Waals surface area contributed by atoms with Crippen LogP contribution < -0.4 is 10.1 Å². The van der Waals surface area contributed by atoms with Gasteiger partial charge < -0.3 is 14.8 Å². The fraction of sp³-hybridized carbons (Fsp3) is 0.312. The summed E-state index contributed by atoms with van der Waals surface area (Å²) in [6.07, 6.45) is 0. The first kappa shape index (κ1) is 15.5. The standard InChI is InChI=1S/C16H19NO3S/c1-12-6-7-15(21-12)16(18)17-11-13-4-3-5-14(10-13)20-9-8-19-2/h3-7,10H,8-9,11H2,1-2H3,(H,17,18). The van der Waals surface area contributed by atoms with E-state index in [2.05, 4.69) is 5.32 Å². The number of hydrogen-bond acceptors (Lipinski definition) is 4. The summed E-state index contributed by atoms with van der Waals surface area (Å²) in [7, 11) is 1.64. The monoisotopic (exact) mass is 305 g/mol. The number of amides is 1. The van der Waals surface area contributed by atoms with Gasteiger partial charge in [-0.2, -0.15) is 0 Å². The summed E-state index contributed by atoms with van der Waals surface area (Å²) in [6.45, 7) is 3.54. The Balaban J connectivity index is 1.88. The molecule has 112 valence electrons. The maximum absolute atomic E-state index is 12.0. The van der Waals surface area contributed by atoms with Crippen molar-refractivity contribution in [3.8, 4) is 5.75 Å². The lowest BCUT2D eigenvalue weighted by molar-refractivity contribution is 0.0955. The summed E-state index contributed by atoms with van der Waals surface area (Å²) in [5, 5.41) is 2.91. The second kappa shape index (κ2) is 7.81. The summed E-state index contributed by atoms with van der Waals surface area (Å²) in [5.41, 5.74) is 1.01. The first-order chi connectivity index (χ1) is 10.2. The fourth-order valence-corrected chi connectivity index (χ4v) is 2.60. The van der Waals surface area contributed by atoms with Gasteiger partial charge in [0.25, 0.3) is 5.91 Å². The van der Waals surface area contributed by atoms with E-state index in [0.717, 1.165) is 21.1 Å². The van der Waals surface area contributed by atoms with Gasteiger partial charge in [-0.05, 0) is 36.8 Å². The molecule has 21 heavy (non-hydrogen) atoms. The number of thiophene rings is 1. The highest BCUT2D eigenvalue weighted by molar-refractivity contribution is 7.13. The summed E-state index contributed by atoms with van der Waals surface area (Å²) in [4.78, 5) is 13.8. The minimum absolute atomic E-state index is 0.0428. The number of nitrogens with one attached hydrogen (secondary N) is 1. The van der Waals surface area contributed by atoms with Crippen molar-refractivity contribution >= 4 is 17.2 Å². The van der Waals surface area contributed by atoms with Gasteiger partial charge >= 0.3 is 0 Å². The van der Waals surface area contributed by atoms with Gasteiger partial charge in [0.2, 0.25) is 0 Å². The second-order valence-corrected chi connectivity index (χ2v) is 5.87. The number of carbonyl (C=O) groups is 1. The van der Waals surface area contributed by atoms with Crippen molar-refractivity contribution in [1.82, 2.24) is 5.32 Å². The van der Waals surface area contributed by atoms with Gasteiger partial charge in [-0.25, -0.2) is 0 Å². The van der Waals surface area contributed by atoms with Crippen molar-refractivity contribution in [2.75, 3.05) is 20.3 Å². The maximum atomic E-state index is 12.0. The minimum atomic E-state index is -0.0428. The van der Waals surface area contributed by atoms with E-state index in [1.165, 1.54) is 11.3 Å². The van der Waals surface area contributed by atoms with Gasteiger partial charge in [0, 0.05) is 18.5 Å². The van der Waals surface area contributed by atoms with Crippen LogP contribution >= 0.6 is 11.3 Å². The van der Waals surface area contributed by atoms with E-state index < -0.39 is 0 Å². The number of ether oxygens (including phenoxy) is 2. The molecule has 1 amide bonds. The molecule has 0 aliphatic rings. The van der Waals surface area contributed by atoms with E-state index in [0.29, 0.717) is 19.8 Å². The third-order valence-electron chi connectivity index (χ3n) is 2.87. The van der Waals surface area contributed by atoms with Crippen LogP contribution in [0, 0.1) is 6.92 Å². The van der Waals surface area contributed by atoms with E-state index in [1.54, 1.807) is 7.11 Å². The lowest BCUT2D eigenvalue weighted by Crippen LogP contribution is -2.21. The van der Waals surface area contributed by atoms with Gasteiger partial charge in [-0.15, -0.1) is 11.3 Å². The first-order valence-electron chi connectivity index (χ1n) is 6.74. The fourth-order valence-electron chi connectivity index (χ4n) is 1.81. The number of methoxy groups -OCH3 is 1. The highest BCUT2D eigenvalue weighted by Gasteiger charge is 2.07. The molecular weight excluding hydrogens is 286 g/mol. The summed E-state index contributed by atoms with van der Waals surface area (Å²) < 4.78 is 10.5. The smallest absolute Gasteiger partial charge is 0.261 e. The summed E-state index contributed by atoms with van der Waals surface area (Å²) in [6, 6.07) is 11.5. The number of carbonyl (C=O) groups excluding carboxylic acids is 1. The van der Waals surface area contributed by atoms with Gasteiger partial charge in [-0.1, -0.05) is 12.1 Å². The van der Waals surface area contributed by atoms with Gasteiger partial charge in [0.05, 0.1) is 11.5 Å². The van der Waals surface area contributed by atoms with Crippen molar-refractivity contribution in [3.05, 3.63) is 51.7 Å². The third-order valence-corrected chi connectivity index (χ3v) is 3.87. The number of benzene rings is 1. The highest BCUT2D eigenvalue weighted by Crippen LogP contribution is 2.16. The molecule has 1 heterocycles. The minimum Gasteiger partial charge on any atom is -0.491 e. The van der Waals surface area contributed by atoms with Crippen molar-refractivity contribution in [3.63, 3.8) is 0 Å². The molecule has 1 aromatic carbocycles. The average Bonchev–Trinajstić information content (AvgIpc) is 2.92. The molecule has 0 aliphatic carbocycles. The zero-order chi connectivity index (χ0) is 15.1. The van der Waals surface area contributed by atoms with Gasteiger partial charge in [0.1, 0.15) is 12.4 Å². The zero-order valence-corrected chi connectivity index (χ0v) is 13.0. The number of hydrogen-bond donors (Lipinski definition) is 1. The van der Waals surface area contributed by atoms with Crippen molar-refractivity contribution in [2.24, 2.45) is 0 Å². The molecule has 0 unspecified atom stereocenters. The van der Waals surface area contributed by atoms with Crippen LogP contribution in [0.25, 0.3) is 0 Å². The predicted molar refractivity (Wildman–Crippen MR) is 84.0 cm³/mol. The molecule has 0 atom stereocenters. The summed E-state index contributed by atoms with van der Waals surface area (Å²) in [5.74, 6) is 0.740. The van der Waals surface area contributed by atoms with E-state index in [1.807, 2.05) is 43.3 Å². The van der Waals surface area contributed by atoms with Crippen LogP contribution in [0.2, 0.25) is 0 Å². The lowest BCUT2D eigenvalue weighted by atomic mass is 10.2. The van der Waals surface area contributed by atoms with Crippen LogP contribution in [-0.4, -0.2) is 26.2 Å². The normalized spacial score (nSPS) is 10.4. The molecule has 2 rings (SSSR count). The van der Waals surface area contributed by atoms with Crippen LogP contribution in [0.1, 0.15) is 20.1 Å². The molecule has 4 nitrogen and oxygen atoms in total. The number of aryl methyl sites for hydroxylation is 1. The average molecular weight is 305 g/mol. The van der Waals surface area contributed by atoms with Crippen molar-refractivity contribution < 1.29 is 14.3 Å². The molecule has 0 spiro atoms. The molecule has 2 aromatic rings. The van der Waals surface area contributed by atoms with Crippen LogP contribution in [0.5, 0.6) is 5.75 Å². The molecule has 0 aliphatic heterocycles. The van der Waals surface area contributed by atoms with Gasteiger partial charge in [0.15, 0.2) is 0 Å². The Morgan fingerprint density at radius 1 is 1.24 bits per heavy atom. The third kappa shape index (κ3) is 4.88. The maximum Gasteiger partial charge on any atom is 0.261 e. The van der Waals surface area contributed by atoms with Crippen molar-refractivity contribution in [1.29, 1.82) is 0 Å². The molecule has 0 radical (unpaired) electrons. The molecule has 0 saturated carbocycles. The van der Waals surface area contributed by atoms with E-state index in [9.17, 15) is 4.79 Å². The Morgan fingerprint density at radius 3 is 2.81 bits per heavy atom. The highest BCUT2D eigenvalue weighted by atomic mass is 32.1. The molecule has 1 aromatic heterocycles. The van der Waals surface area contributed by atoms with E-state index in [4.69, 9.17) is 9.47 Å².